The number of Topliss-reactive ketones (excluding diaryl/α,β-unsaturated/α-hetero) is 1. The van der Waals surface area contributed by atoms with Crippen molar-refractivity contribution in [2.75, 3.05) is 0 Å². The molecule has 3 aliphatic rings. The summed E-state index contributed by atoms with van der Waals surface area (Å²) >= 11 is 0. The Bertz CT molecular complexity index is 390. The van der Waals surface area contributed by atoms with Gasteiger partial charge in [-0.2, -0.15) is 5.26 Å². The standard InChI is InChI=1S/C13H17NO3/c14-8-12(7-10-1-2-11(12)17-10)13(16)5-3-9(15)4-6-13/h10-11,16H,1-7H2. The van der Waals surface area contributed by atoms with E-state index < -0.39 is 11.0 Å². The van der Waals surface area contributed by atoms with Gasteiger partial charge in [0.2, 0.25) is 0 Å². The van der Waals surface area contributed by atoms with Crippen LogP contribution in [0.4, 0.5) is 0 Å². The van der Waals surface area contributed by atoms with Gasteiger partial charge < -0.3 is 9.84 Å². The van der Waals surface area contributed by atoms with E-state index in [0.717, 1.165) is 12.8 Å². The molecule has 1 N–H and O–H groups in total. The highest BCUT2D eigenvalue weighted by molar-refractivity contribution is 5.79. The third-order valence-corrected chi connectivity index (χ3v) is 4.87. The highest BCUT2D eigenvalue weighted by atomic mass is 16.5. The molecular formula is C13H17NO3. The van der Waals surface area contributed by atoms with Gasteiger partial charge in [-0.15, -0.1) is 0 Å². The summed E-state index contributed by atoms with van der Waals surface area (Å²) in [4.78, 5) is 11.3. The summed E-state index contributed by atoms with van der Waals surface area (Å²) in [5.41, 5.74) is -1.79. The summed E-state index contributed by atoms with van der Waals surface area (Å²) in [7, 11) is 0. The summed E-state index contributed by atoms with van der Waals surface area (Å²) in [6, 6.07) is 2.35. The summed E-state index contributed by atoms with van der Waals surface area (Å²) in [6.07, 6.45) is 4.17. The molecule has 3 rings (SSSR count). The van der Waals surface area contributed by atoms with E-state index in [9.17, 15) is 15.2 Å². The van der Waals surface area contributed by atoms with E-state index in [4.69, 9.17) is 4.74 Å². The molecule has 4 nitrogen and oxygen atoms in total. The summed E-state index contributed by atoms with van der Waals surface area (Å²) in [5, 5.41) is 20.4. The normalized spacial score (nSPS) is 43.6. The molecule has 3 unspecified atom stereocenters. The quantitative estimate of drug-likeness (QED) is 0.744. The number of nitriles is 1. The number of ketones is 1. The first kappa shape index (κ1) is 11.2. The van der Waals surface area contributed by atoms with Gasteiger partial charge in [0.1, 0.15) is 11.2 Å². The molecule has 4 heteroatoms. The number of nitrogens with zero attached hydrogens (tertiary/aromatic N) is 1. The predicted octanol–water partition coefficient (Wildman–Crippen LogP) is 1.32. The van der Waals surface area contributed by atoms with E-state index in [0.29, 0.717) is 32.1 Å². The predicted molar refractivity (Wildman–Crippen MR) is 59.0 cm³/mol. The van der Waals surface area contributed by atoms with Crippen LogP contribution >= 0.6 is 0 Å². The van der Waals surface area contributed by atoms with Gasteiger partial charge in [-0.25, -0.2) is 0 Å². The molecule has 1 saturated carbocycles. The second-order valence-corrected chi connectivity index (χ2v) is 5.68. The highest BCUT2D eigenvalue weighted by Gasteiger charge is 2.63. The second-order valence-electron chi connectivity index (χ2n) is 5.68. The molecule has 2 heterocycles. The zero-order valence-electron chi connectivity index (χ0n) is 9.82. The van der Waals surface area contributed by atoms with E-state index >= 15 is 0 Å². The molecule has 92 valence electrons. The van der Waals surface area contributed by atoms with E-state index in [1.54, 1.807) is 0 Å². The third-order valence-electron chi connectivity index (χ3n) is 4.87. The van der Waals surface area contributed by atoms with Gasteiger partial charge >= 0.3 is 0 Å². The fourth-order valence-electron chi connectivity index (χ4n) is 3.81. The molecule has 0 amide bonds. The first-order chi connectivity index (χ1) is 8.10. The SMILES string of the molecule is N#CC1(C2(O)CCC(=O)CC2)CC2CCC1O2. The minimum atomic E-state index is -1.02. The molecule has 17 heavy (non-hydrogen) atoms. The van der Waals surface area contributed by atoms with Crippen molar-refractivity contribution in [3.63, 3.8) is 0 Å². The monoisotopic (exact) mass is 235 g/mol. The molecular weight excluding hydrogens is 218 g/mol. The fourth-order valence-corrected chi connectivity index (χ4v) is 3.81. The number of carbonyl (C=O) groups is 1. The van der Waals surface area contributed by atoms with Crippen LogP contribution in [0.2, 0.25) is 0 Å². The van der Waals surface area contributed by atoms with Gasteiger partial charge in [-0.3, -0.25) is 4.79 Å². The lowest BCUT2D eigenvalue weighted by Crippen LogP contribution is -2.54. The fraction of sp³-hybridized carbons (Fsp3) is 0.846. The Hall–Kier alpha value is -0.920. The van der Waals surface area contributed by atoms with E-state index in [2.05, 4.69) is 6.07 Å². The second kappa shape index (κ2) is 3.54. The molecule has 3 fully saturated rings. The van der Waals surface area contributed by atoms with Gasteiger partial charge in [0.15, 0.2) is 0 Å². The van der Waals surface area contributed by atoms with E-state index in [-0.39, 0.29) is 18.0 Å². The molecule has 0 spiro atoms. The Labute approximate surface area is 101 Å². The Balaban J connectivity index is 1.91. The highest BCUT2D eigenvalue weighted by Crippen LogP contribution is 2.56. The Morgan fingerprint density at radius 1 is 1.35 bits per heavy atom. The number of rotatable bonds is 1. The van der Waals surface area contributed by atoms with Gasteiger partial charge in [0.25, 0.3) is 0 Å². The number of hydrogen-bond donors (Lipinski definition) is 1. The summed E-state index contributed by atoms with van der Waals surface area (Å²) < 4.78 is 5.76. The van der Waals surface area contributed by atoms with E-state index in [1.165, 1.54) is 0 Å². The molecule has 0 aromatic rings. The van der Waals surface area contributed by atoms with E-state index in [1.807, 2.05) is 0 Å². The van der Waals surface area contributed by atoms with Crippen molar-refractivity contribution in [2.45, 2.75) is 62.8 Å². The first-order valence-electron chi connectivity index (χ1n) is 6.40. The molecule has 3 atom stereocenters. The number of hydrogen-bond acceptors (Lipinski definition) is 4. The van der Waals surface area contributed by atoms with Crippen LogP contribution in [0.5, 0.6) is 0 Å². The molecule has 2 saturated heterocycles. The number of ether oxygens (including phenoxy) is 1. The maximum atomic E-state index is 11.3. The van der Waals surface area contributed by atoms with Crippen molar-refractivity contribution in [1.29, 1.82) is 5.26 Å². The Kier molecular flexibility index (Phi) is 2.33. The minimum absolute atomic E-state index is 0.129. The number of carbonyl (C=O) groups excluding carboxylic acids is 1. The third kappa shape index (κ3) is 1.39. The largest absolute Gasteiger partial charge is 0.388 e. The van der Waals surface area contributed by atoms with Crippen LogP contribution in [-0.2, 0) is 9.53 Å². The number of aliphatic hydroxyl groups is 1. The topological polar surface area (TPSA) is 70.3 Å². The van der Waals surface area contributed by atoms with Crippen LogP contribution in [0.25, 0.3) is 0 Å². The average Bonchev–Trinajstić information content (AvgIpc) is 2.93. The summed E-state index contributed by atoms with van der Waals surface area (Å²) in [5.74, 6) is 0.201. The Morgan fingerprint density at radius 3 is 2.53 bits per heavy atom. The maximum absolute atomic E-state index is 11.3. The van der Waals surface area contributed by atoms with Crippen molar-refractivity contribution >= 4 is 5.78 Å². The molecule has 1 aliphatic carbocycles. The molecule has 0 aromatic carbocycles. The molecule has 0 radical (unpaired) electrons. The summed E-state index contributed by atoms with van der Waals surface area (Å²) in [6.45, 7) is 0. The van der Waals surface area contributed by atoms with Crippen LogP contribution in [0.1, 0.15) is 44.9 Å². The zero-order chi connectivity index (χ0) is 12.1. The van der Waals surface area contributed by atoms with Crippen LogP contribution < -0.4 is 0 Å². The van der Waals surface area contributed by atoms with Gasteiger partial charge in [-0.1, -0.05) is 0 Å². The molecule has 0 aromatic heterocycles. The van der Waals surface area contributed by atoms with Crippen molar-refractivity contribution in [2.24, 2.45) is 5.41 Å². The molecule has 2 bridgehead atoms. The van der Waals surface area contributed by atoms with Gasteiger partial charge in [0.05, 0.1) is 23.9 Å². The van der Waals surface area contributed by atoms with Crippen molar-refractivity contribution in [1.82, 2.24) is 0 Å². The average molecular weight is 235 g/mol. The van der Waals surface area contributed by atoms with Crippen molar-refractivity contribution in [3.8, 4) is 6.07 Å². The van der Waals surface area contributed by atoms with Crippen LogP contribution in [0.15, 0.2) is 0 Å². The zero-order valence-corrected chi connectivity index (χ0v) is 9.82. The van der Waals surface area contributed by atoms with Crippen molar-refractivity contribution < 1.29 is 14.6 Å². The Morgan fingerprint density at radius 2 is 2.06 bits per heavy atom. The van der Waals surface area contributed by atoms with Gasteiger partial charge in [0, 0.05) is 12.8 Å². The smallest absolute Gasteiger partial charge is 0.133 e. The first-order valence-corrected chi connectivity index (χ1v) is 6.40. The lowest BCUT2D eigenvalue weighted by molar-refractivity contribution is -0.137. The lowest BCUT2D eigenvalue weighted by Gasteiger charge is -2.45. The minimum Gasteiger partial charge on any atom is -0.388 e. The van der Waals surface area contributed by atoms with Gasteiger partial charge in [-0.05, 0) is 32.1 Å². The molecule has 2 aliphatic heterocycles. The maximum Gasteiger partial charge on any atom is 0.133 e. The van der Waals surface area contributed by atoms with Crippen molar-refractivity contribution in [3.05, 3.63) is 0 Å². The lowest BCUT2D eigenvalue weighted by atomic mass is 9.59. The number of fused-ring (bicyclic) bond motifs is 2. The van der Waals surface area contributed by atoms with Crippen LogP contribution in [0, 0.1) is 16.7 Å². The van der Waals surface area contributed by atoms with Crippen LogP contribution in [0.3, 0.4) is 0 Å². The van der Waals surface area contributed by atoms with Crippen LogP contribution in [-0.4, -0.2) is 28.7 Å².